The second-order valence-electron chi connectivity index (χ2n) is 3.57. The van der Waals surface area contributed by atoms with Crippen molar-refractivity contribution in [2.45, 2.75) is 26.4 Å². The van der Waals surface area contributed by atoms with Gasteiger partial charge < -0.3 is 10.5 Å². The normalized spacial score (nSPS) is 12.2. The molecule has 1 aromatic rings. The summed E-state index contributed by atoms with van der Waals surface area (Å²) in [5.41, 5.74) is 6.26. The van der Waals surface area contributed by atoms with Crippen LogP contribution in [0.2, 0.25) is 5.02 Å². The van der Waals surface area contributed by atoms with Crippen LogP contribution in [0.15, 0.2) is 18.2 Å². The number of ether oxygens (including phenoxy) is 1. The van der Waals surface area contributed by atoms with Crippen LogP contribution in [0.4, 0.5) is 0 Å². The van der Waals surface area contributed by atoms with E-state index in [1.807, 2.05) is 26.0 Å². The monoisotopic (exact) mass is 226 g/mol. The van der Waals surface area contributed by atoms with Gasteiger partial charge in [0.2, 0.25) is 0 Å². The third-order valence-electron chi connectivity index (χ3n) is 1.97. The van der Waals surface area contributed by atoms with Crippen LogP contribution >= 0.6 is 11.6 Å². The maximum absolute atomic E-state index is 7.14. The zero-order chi connectivity index (χ0) is 11.4. The Morgan fingerprint density at radius 1 is 1.60 bits per heavy atom. The smallest absolute Gasteiger partial charge is 0.120 e. The van der Waals surface area contributed by atoms with Gasteiger partial charge in [0.25, 0.3) is 0 Å². The van der Waals surface area contributed by atoms with Crippen molar-refractivity contribution >= 4 is 17.4 Å². The quantitative estimate of drug-likeness (QED) is 0.613. The van der Waals surface area contributed by atoms with Gasteiger partial charge in [-0.25, -0.2) is 0 Å². The van der Waals surface area contributed by atoms with E-state index in [0.717, 1.165) is 16.3 Å². The van der Waals surface area contributed by atoms with Crippen LogP contribution in [0, 0.1) is 12.3 Å². The molecule has 1 unspecified atom stereocenters. The van der Waals surface area contributed by atoms with Gasteiger partial charge in [-0.1, -0.05) is 11.6 Å². The molecule has 0 aromatic heterocycles. The molecule has 0 saturated heterocycles. The fourth-order valence-electron chi connectivity index (χ4n) is 1.27. The third-order valence-corrected chi connectivity index (χ3v) is 2.40. The molecule has 0 aliphatic carbocycles. The molecule has 0 spiro atoms. The van der Waals surface area contributed by atoms with E-state index in [-0.39, 0.29) is 11.9 Å². The van der Waals surface area contributed by atoms with Crippen molar-refractivity contribution in [3.8, 4) is 5.75 Å². The molecule has 15 heavy (non-hydrogen) atoms. The highest BCUT2D eigenvalue weighted by atomic mass is 35.5. The minimum Gasteiger partial charge on any atom is -0.490 e. The van der Waals surface area contributed by atoms with E-state index in [4.69, 9.17) is 27.5 Å². The predicted octanol–water partition coefficient (Wildman–Crippen LogP) is 2.74. The number of amidine groups is 1. The molecule has 0 saturated carbocycles. The van der Waals surface area contributed by atoms with Gasteiger partial charge in [-0.3, -0.25) is 5.41 Å². The zero-order valence-electron chi connectivity index (χ0n) is 8.88. The van der Waals surface area contributed by atoms with Crippen molar-refractivity contribution in [3.63, 3.8) is 0 Å². The van der Waals surface area contributed by atoms with Crippen LogP contribution in [0.25, 0.3) is 0 Å². The summed E-state index contributed by atoms with van der Waals surface area (Å²) in [4.78, 5) is 0. The lowest BCUT2D eigenvalue weighted by Crippen LogP contribution is -2.21. The van der Waals surface area contributed by atoms with Crippen molar-refractivity contribution in [2.75, 3.05) is 0 Å². The third kappa shape index (κ3) is 3.80. The molecule has 4 heteroatoms. The van der Waals surface area contributed by atoms with E-state index in [2.05, 4.69) is 0 Å². The summed E-state index contributed by atoms with van der Waals surface area (Å²) in [6.07, 6.45) is 0.338. The molecule has 0 amide bonds. The van der Waals surface area contributed by atoms with Gasteiger partial charge in [0, 0.05) is 11.4 Å². The van der Waals surface area contributed by atoms with Crippen molar-refractivity contribution in [3.05, 3.63) is 28.8 Å². The Balaban J connectivity index is 2.64. The van der Waals surface area contributed by atoms with Gasteiger partial charge in [0.15, 0.2) is 0 Å². The predicted molar refractivity (Wildman–Crippen MR) is 62.8 cm³/mol. The largest absolute Gasteiger partial charge is 0.490 e. The molecular formula is C11H15ClN2O. The zero-order valence-corrected chi connectivity index (χ0v) is 9.64. The molecular weight excluding hydrogens is 212 g/mol. The SMILES string of the molecule is Cc1cc(OC(C)CC(=N)N)ccc1Cl. The first-order valence-corrected chi connectivity index (χ1v) is 5.12. The number of aryl methyl sites for hydroxylation is 1. The van der Waals surface area contributed by atoms with Gasteiger partial charge in [-0.15, -0.1) is 0 Å². The highest BCUT2D eigenvalue weighted by molar-refractivity contribution is 6.31. The Hall–Kier alpha value is -1.22. The summed E-state index contributed by atoms with van der Waals surface area (Å²) < 4.78 is 5.58. The molecule has 0 bridgehead atoms. The Labute approximate surface area is 94.7 Å². The molecule has 0 fully saturated rings. The fraction of sp³-hybridized carbons (Fsp3) is 0.364. The van der Waals surface area contributed by atoms with Crippen molar-refractivity contribution in [1.82, 2.24) is 0 Å². The number of halogens is 1. The molecule has 1 atom stereocenters. The van der Waals surface area contributed by atoms with E-state index >= 15 is 0 Å². The highest BCUT2D eigenvalue weighted by Crippen LogP contribution is 2.22. The lowest BCUT2D eigenvalue weighted by molar-refractivity contribution is 0.229. The molecule has 0 radical (unpaired) electrons. The molecule has 3 nitrogen and oxygen atoms in total. The van der Waals surface area contributed by atoms with E-state index < -0.39 is 0 Å². The number of hydrogen-bond donors (Lipinski definition) is 2. The first-order chi connectivity index (χ1) is 6.99. The topological polar surface area (TPSA) is 59.1 Å². The Kier molecular flexibility index (Phi) is 3.97. The Bertz CT molecular complexity index is 366. The van der Waals surface area contributed by atoms with Gasteiger partial charge in [-0.2, -0.15) is 0 Å². The van der Waals surface area contributed by atoms with Gasteiger partial charge in [0.05, 0.1) is 5.84 Å². The summed E-state index contributed by atoms with van der Waals surface area (Å²) in [5.74, 6) is 0.888. The van der Waals surface area contributed by atoms with Crippen LogP contribution in [-0.2, 0) is 0 Å². The molecule has 1 aromatic carbocycles. The molecule has 82 valence electrons. The van der Waals surface area contributed by atoms with Crippen molar-refractivity contribution in [2.24, 2.45) is 5.73 Å². The molecule has 0 heterocycles. The van der Waals surface area contributed by atoms with Gasteiger partial charge in [-0.05, 0) is 37.6 Å². The second kappa shape index (κ2) is 5.03. The summed E-state index contributed by atoms with van der Waals surface area (Å²) >= 11 is 5.89. The van der Waals surface area contributed by atoms with E-state index in [9.17, 15) is 0 Å². The van der Waals surface area contributed by atoms with Crippen LogP contribution in [-0.4, -0.2) is 11.9 Å². The molecule has 0 aliphatic rings. The Morgan fingerprint density at radius 3 is 2.80 bits per heavy atom. The van der Waals surface area contributed by atoms with Gasteiger partial charge in [0.1, 0.15) is 11.9 Å². The number of benzene rings is 1. The fourth-order valence-corrected chi connectivity index (χ4v) is 1.39. The van der Waals surface area contributed by atoms with Gasteiger partial charge >= 0.3 is 0 Å². The maximum Gasteiger partial charge on any atom is 0.120 e. The van der Waals surface area contributed by atoms with Crippen LogP contribution in [0.1, 0.15) is 18.9 Å². The van der Waals surface area contributed by atoms with E-state index in [0.29, 0.717) is 6.42 Å². The highest BCUT2D eigenvalue weighted by Gasteiger charge is 2.06. The van der Waals surface area contributed by atoms with Crippen LogP contribution in [0.3, 0.4) is 0 Å². The minimum absolute atomic E-state index is 0.0944. The average Bonchev–Trinajstić information content (AvgIpc) is 2.10. The average molecular weight is 227 g/mol. The van der Waals surface area contributed by atoms with Crippen LogP contribution in [0.5, 0.6) is 5.75 Å². The number of rotatable bonds is 4. The van der Waals surface area contributed by atoms with E-state index in [1.165, 1.54) is 0 Å². The lowest BCUT2D eigenvalue weighted by Gasteiger charge is -2.14. The number of hydrogen-bond acceptors (Lipinski definition) is 2. The molecule has 3 N–H and O–H groups in total. The summed E-state index contributed by atoms with van der Waals surface area (Å²) in [6, 6.07) is 5.48. The summed E-state index contributed by atoms with van der Waals surface area (Å²) in [5, 5.41) is 7.87. The van der Waals surface area contributed by atoms with E-state index in [1.54, 1.807) is 6.07 Å². The lowest BCUT2D eigenvalue weighted by atomic mass is 10.2. The first-order valence-electron chi connectivity index (χ1n) is 4.74. The number of nitrogens with one attached hydrogen (secondary N) is 1. The molecule has 0 aliphatic heterocycles. The maximum atomic E-state index is 7.14. The first kappa shape index (κ1) is 11.9. The summed E-state index contributed by atoms with van der Waals surface area (Å²) in [7, 11) is 0. The van der Waals surface area contributed by atoms with Crippen LogP contribution < -0.4 is 10.5 Å². The van der Waals surface area contributed by atoms with Crippen molar-refractivity contribution in [1.29, 1.82) is 5.41 Å². The second-order valence-corrected chi connectivity index (χ2v) is 3.98. The Morgan fingerprint density at radius 2 is 2.27 bits per heavy atom. The minimum atomic E-state index is -0.0944. The number of nitrogens with two attached hydrogens (primary N) is 1. The molecule has 1 rings (SSSR count). The van der Waals surface area contributed by atoms with Crippen molar-refractivity contribution < 1.29 is 4.74 Å². The summed E-state index contributed by atoms with van der Waals surface area (Å²) in [6.45, 7) is 3.80. The standard InChI is InChI=1S/C11H15ClN2O/c1-7-5-9(3-4-10(7)12)15-8(2)6-11(13)14/h3-5,8H,6H2,1-2H3,(H3,13,14).